The van der Waals surface area contributed by atoms with E-state index in [1.807, 2.05) is 31.4 Å². The third-order valence-corrected chi connectivity index (χ3v) is 8.16. The average Bonchev–Trinajstić information content (AvgIpc) is 2.97. The lowest BCUT2D eigenvalue weighted by molar-refractivity contribution is -0.0614. The van der Waals surface area contributed by atoms with Crippen LogP contribution in [0, 0.1) is 0 Å². The molecule has 5 rings (SSSR count). The van der Waals surface area contributed by atoms with Gasteiger partial charge in [0.05, 0.1) is 18.3 Å². The predicted molar refractivity (Wildman–Crippen MR) is 144 cm³/mol. The van der Waals surface area contributed by atoms with Crippen LogP contribution in [0.25, 0.3) is 11.1 Å². The van der Waals surface area contributed by atoms with E-state index in [0.717, 1.165) is 50.1 Å². The summed E-state index contributed by atoms with van der Waals surface area (Å²) in [7, 11) is 3.27. The molecule has 0 unspecified atom stereocenters. The Morgan fingerprint density at radius 1 is 0.778 bits per heavy atom. The van der Waals surface area contributed by atoms with Gasteiger partial charge in [-0.2, -0.15) is 0 Å². The summed E-state index contributed by atoms with van der Waals surface area (Å²) in [6, 6.07) is 27.7. The highest BCUT2D eigenvalue weighted by Gasteiger charge is 2.39. The van der Waals surface area contributed by atoms with Gasteiger partial charge < -0.3 is 14.4 Å². The second kappa shape index (κ2) is 10.9. The predicted octanol–water partition coefficient (Wildman–Crippen LogP) is 5.75. The molecule has 0 N–H and O–H groups in total. The second-order valence-corrected chi connectivity index (χ2v) is 9.93. The summed E-state index contributed by atoms with van der Waals surface area (Å²) < 4.78 is 10.9. The Labute approximate surface area is 214 Å². The zero-order valence-corrected chi connectivity index (χ0v) is 21.4. The van der Waals surface area contributed by atoms with E-state index in [-0.39, 0.29) is 11.6 Å². The van der Waals surface area contributed by atoms with Crippen LogP contribution in [0.4, 0.5) is 5.69 Å². The molecule has 1 aliphatic heterocycles. The monoisotopic (exact) mass is 484 g/mol. The number of nitrogens with zero attached hydrogens (tertiary/aromatic N) is 2. The summed E-state index contributed by atoms with van der Waals surface area (Å²) in [5.41, 5.74) is 5.28. The van der Waals surface area contributed by atoms with E-state index in [9.17, 15) is 4.79 Å². The number of methoxy groups -OCH3 is 2. The molecule has 0 radical (unpaired) electrons. The first kappa shape index (κ1) is 24.5. The minimum absolute atomic E-state index is 0.124. The molecule has 2 fully saturated rings. The highest BCUT2D eigenvalue weighted by molar-refractivity contribution is 5.90. The minimum Gasteiger partial charge on any atom is -0.465 e. The molecule has 1 saturated heterocycles. The molecular formula is C31H36N2O3. The van der Waals surface area contributed by atoms with Gasteiger partial charge in [-0.1, -0.05) is 54.6 Å². The SMILES string of the molecule is COC(=O)c1ccc(-c2ccc(N3CCN([C@H]4CC[C@@](OC)(c5ccccc5)CC4)CC3)cc2)cc1. The minimum atomic E-state index is -0.307. The molecule has 188 valence electrons. The third-order valence-electron chi connectivity index (χ3n) is 8.16. The number of rotatable bonds is 6. The maximum absolute atomic E-state index is 11.7. The molecule has 1 aliphatic carbocycles. The molecule has 1 heterocycles. The summed E-state index contributed by atoms with van der Waals surface area (Å²) in [6.45, 7) is 4.31. The smallest absolute Gasteiger partial charge is 0.337 e. The number of esters is 1. The molecule has 0 spiro atoms. The number of hydrogen-bond donors (Lipinski definition) is 0. The number of carbonyl (C=O) groups is 1. The van der Waals surface area contributed by atoms with Gasteiger partial charge >= 0.3 is 5.97 Å². The Balaban J connectivity index is 1.15. The fourth-order valence-electron chi connectivity index (χ4n) is 5.91. The fourth-order valence-corrected chi connectivity index (χ4v) is 5.91. The van der Waals surface area contributed by atoms with E-state index < -0.39 is 0 Å². The molecule has 0 aromatic heterocycles. The zero-order valence-electron chi connectivity index (χ0n) is 21.4. The summed E-state index contributed by atoms with van der Waals surface area (Å²) in [5, 5.41) is 0. The third kappa shape index (κ3) is 5.04. The highest BCUT2D eigenvalue weighted by atomic mass is 16.5. The molecular weight excluding hydrogens is 448 g/mol. The van der Waals surface area contributed by atoms with E-state index in [0.29, 0.717) is 11.6 Å². The van der Waals surface area contributed by atoms with Gasteiger partial charge in [-0.25, -0.2) is 4.79 Å². The van der Waals surface area contributed by atoms with Gasteiger partial charge in [-0.15, -0.1) is 0 Å². The van der Waals surface area contributed by atoms with Crippen molar-refractivity contribution in [3.8, 4) is 11.1 Å². The van der Waals surface area contributed by atoms with E-state index in [2.05, 4.69) is 64.4 Å². The van der Waals surface area contributed by atoms with Crippen molar-refractivity contribution in [2.75, 3.05) is 45.3 Å². The van der Waals surface area contributed by atoms with Crippen molar-refractivity contribution in [3.05, 3.63) is 90.0 Å². The van der Waals surface area contributed by atoms with Crippen LogP contribution in [0.1, 0.15) is 41.6 Å². The van der Waals surface area contributed by atoms with Gasteiger partial charge in [0.2, 0.25) is 0 Å². The van der Waals surface area contributed by atoms with Crippen molar-refractivity contribution in [2.24, 2.45) is 0 Å². The first-order chi connectivity index (χ1) is 17.6. The van der Waals surface area contributed by atoms with Crippen LogP contribution in [-0.4, -0.2) is 57.3 Å². The topological polar surface area (TPSA) is 42.0 Å². The largest absolute Gasteiger partial charge is 0.465 e. The number of anilines is 1. The number of ether oxygens (including phenoxy) is 2. The molecule has 3 aromatic rings. The first-order valence-electron chi connectivity index (χ1n) is 13.0. The van der Waals surface area contributed by atoms with Crippen LogP contribution >= 0.6 is 0 Å². The summed E-state index contributed by atoms with van der Waals surface area (Å²) in [4.78, 5) is 16.9. The van der Waals surface area contributed by atoms with Crippen LogP contribution in [0.5, 0.6) is 0 Å². The Bertz CT molecular complexity index is 1130. The van der Waals surface area contributed by atoms with Gasteiger partial charge in [-0.3, -0.25) is 4.90 Å². The van der Waals surface area contributed by atoms with Gasteiger partial charge in [0.15, 0.2) is 0 Å². The Kier molecular flexibility index (Phi) is 7.40. The average molecular weight is 485 g/mol. The molecule has 0 atom stereocenters. The van der Waals surface area contributed by atoms with Crippen LogP contribution in [0.3, 0.4) is 0 Å². The Morgan fingerprint density at radius 2 is 1.36 bits per heavy atom. The molecule has 3 aromatic carbocycles. The molecule has 5 nitrogen and oxygen atoms in total. The van der Waals surface area contributed by atoms with E-state index in [1.54, 1.807) is 0 Å². The Morgan fingerprint density at radius 3 is 1.92 bits per heavy atom. The van der Waals surface area contributed by atoms with Crippen molar-refractivity contribution in [2.45, 2.75) is 37.3 Å². The first-order valence-corrected chi connectivity index (χ1v) is 13.0. The summed E-state index contributed by atoms with van der Waals surface area (Å²) in [5.74, 6) is -0.307. The zero-order chi connectivity index (χ0) is 25.0. The maximum Gasteiger partial charge on any atom is 0.337 e. The van der Waals surface area contributed by atoms with Gasteiger partial charge in [-0.05, 0) is 66.6 Å². The van der Waals surface area contributed by atoms with Crippen molar-refractivity contribution < 1.29 is 14.3 Å². The molecule has 0 amide bonds. The Hall–Kier alpha value is -3.15. The maximum atomic E-state index is 11.7. The number of carbonyl (C=O) groups excluding carboxylic acids is 1. The normalized spacial score (nSPS) is 22.8. The molecule has 5 heteroatoms. The van der Waals surface area contributed by atoms with Crippen LogP contribution in [0.15, 0.2) is 78.9 Å². The van der Waals surface area contributed by atoms with E-state index in [1.165, 1.54) is 31.2 Å². The molecule has 2 aliphatic rings. The van der Waals surface area contributed by atoms with Gasteiger partial charge in [0, 0.05) is 45.0 Å². The summed E-state index contributed by atoms with van der Waals surface area (Å²) in [6.07, 6.45) is 4.54. The lowest BCUT2D eigenvalue weighted by Gasteiger charge is -2.46. The standard InChI is InChI=1S/C31H36N2O3/c1-35-30(34)26-10-8-24(9-11-26)25-12-14-28(15-13-25)32-20-22-33(23-21-32)29-16-18-31(36-2,19-17-29)27-6-4-3-5-7-27/h3-15,29H,16-23H2,1-2H3/t29-,31-. The fraction of sp³-hybridized carbons (Fsp3) is 0.387. The van der Waals surface area contributed by atoms with Crippen molar-refractivity contribution in [1.82, 2.24) is 4.90 Å². The number of hydrogen-bond acceptors (Lipinski definition) is 5. The number of piperazine rings is 1. The highest BCUT2D eigenvalue weighted by Crippen LogP contribution is 2.41. The van der Waals surface area contributed by atoms with Gasteiger partial charge in [0.1, 0.15) is 0 Å². The van der Waals surface area contributed by atoms with Crippen LogP contribution < -0.4 is 4.90 Å². The van der Waals surface area contributed by atoms with Gasteiger partial charge in [0.25, 0.3) is 0 Å². The van der Waals surface area contributed by atoms with Crippen molar-refractivity contribution in [1.29, 1.82) is 0 Å². The second-order valence-electron chi connectivity index (χ2n) is 9.93. The lowest BCUT2D eigenvalue weighted by Crippen LogP contribution is -2.52. The molecule has 0 bridgehead atoms. The van der Waals surface area contributed by atoms with Crippen molar-refractivity contribution in [3.63, 3.8) is 0 Å². The van der Waals surface area contributed by atoms with Crippen LogP contribution in [0.2, 0.25) is 0 Å². The lowest BCUT2D eigenvalue weighted by atomic mass is 9.77. The summed E-state index contributed by atoms with van der Waals surface area (Å²) >= 11 is 0. The number of benzene rings is 3. The van der Waals surface area contributed by atoms with Crippen LogP contribution in [-0.2, 0) is 15.1 Å². The molecule has 1 saturated carbocycles. The van der Waals surface area contributed by atoms with Crippen molar-refractivity contribution >= 4 is 11.7 Å². The molecule has 36 heavy (non-hydrogen) atoms. The quantitative estimate of drug-likeness (QED) is 0.417. The van der Waals surface area contributed by atoms with E-state index in [4.69, 9.17) is 9.47 Å². The van der Waals surface area contributed by atoms with E-state index >= 15 is 0 Å².